The molecule has 102 valence electrons. The number of rotatable bonds is 4. The Morgan fingerprint density at radius 1 is 1.30 bits per heavy atom. The zero-order chi connectivity index (χ0) is 14.4. The minimum absolute atomic E-state index is 0.310. The van der Waals surface area contributed by atoms with E-state index in [1.165, 1.54) is 12.1 Å². The van der Waals surface area contributed by atoms with E-state index in [-0.39, 0.29) is 5.82 Å². The van der Waals surface area contributed by atoms with E-state index >= 15 is 0 Å². The lowest BCUT2D eigenvalue weighted by Crippen LogP contribution is -1.98. The predicted molar refractivity (Wildman–Crippen MR) is 75.3 cm³/mol. The number of benzene rings is 1. The summed E-state index contributed by atoms with van der Waals surface area (Å²) in [5, 5.41) is 0. The molecule has 0 radical (unpaired) electrons. The van der Waals surface area contributed by atoms with Gasteiger partial charge in [0.25, 0.3) is 0 Å². The van der Waals surface area contributed by atoms with Crippen LogP contribution in [-0.2, 0) is 9.53 Å². The maximum absolute atomic E-state index is 13.6. The molecule has 0 saturated carbocycles. The number of pyridine rings is 1. The van der Waals surface area contributed by atoms with Crippen LogP contribution in [0.3, 0.4) is 0 Å². The molecule has 1 aromatic heterocycles. The van der Waals surface area contributed by atoms with E-state index in [2.05, 4.69) is 4.98 Å². The summed E-state index contributed by atoms with van der Waals surface area (Å²) in [6.07, 6.45) is 4.52. The number of hydrogen-bond acceptors (Lipinski definition) is 3. The molecule has 0 aliphatic rings. The van der Waals surface area contributed by atoms with Crippen LogP contribution in [0.5, 0.6) is 0 Å². The Hall–Kier alpha value is -2.49. The highest BCUT2D eigenvalue weighted by Crippen LogP contribution is 2.20. The fourth-order valence-electron chi connectivity index (χ4n) is 1.69. The van der Waals surface area contributed by atoms with Crippen molar-refractivity contribution in [2.75, 3.05) is 6.61 Å². The maximum Gasteiger partial charge on any atom is 0.330 e. The normalized spacial score (nSPS) is 10.7. The molecule has 1 heterocycles. The first-order chi connectivity index (χ1) is 9.70. The number of nitrogens with zero attached hydrogens (tertiary/aromatic N) is 1. The van der Waals surface area contributed by atoms with E-state index < -0.39 is 5.97 Å². The van der Waals surface area contributed by atoms with E-state index in [1.54, 1.807) is 49.5 Å². The van der Waals surface area contributed by atoms with Gasteiger partial charge in [0.15, 0.2) is 0 Å². The van der Waals surface area contributed by atoms with Crippen LogP contribution in [0, 0.1) is 5.82 Å². The van der Waals surface area contributed by atoms with Crippen molar-refractivity contribution in [3.63, 3.8) is 0 Å². The molecule has 0 aliphatic carbocycles. The summed E-state index contributed by atoms with van der Waals surface area (Å²) in [7, 11) is 0. The minimum atomic E-state index is -0.398. The highest BCUT2D eigenvalue weighted by Gasteiger charge is 2.04. The largest absolute Gasteiger partial charge is 0.463 e. The van der Waals surface area contributed by atoms with Crippen molar-refractivity contribution in [2.24, 2.45) is 0 Å². The lowest BCUT2D eigenvalue weighted by Gasteiger charge is -2.02. The lowest BCUT2D eigenvalue weighted by molar-refractivity contribution is -0.137. The van der Waals surface area contributed by atoms with Crippen LogP contribution in [0.4, 0.5) is 4.39 Å². The second kappa shape index (κ2) is 6.61. The van der Waals surface area contributed by atoms with Gasteiger partial charge in [-0.05, 0) is 36.8 Å². The monoisotopic (exact) mass is 271 g/mol. The van der Waals surface area contributed by atoms with Crippen molar-refractivity contribution in [2.45, 2.75) is 6.92 Å². The summed E-state index contributed by atoms with van der Waals surface area (Å²) in [6, 6.07) is 9.94. The van der Waals surface area contributed by atoms with Crippen LogP contribution in [0.25, 0.3) is 17.3 Å². The topological polar surface area (TPSA) is 39.2 Å². The van der Waals surface area contributed by atoms with Gasteiger partial charge < -0.3 is 4.74 Å². The highest BCUT2D eigenvalue weighted by molar-refractivity contribution is 5.87. The Balaban J connectivity index is 2.15. The Morgan fingerprint density at radius 2 is 2.10 bits per heavy atom. The van der Waals surface area contributed by atoms with Gasteiger partial charge in [-0.25, -0.2) is 9.18 Å². The van der Waals surface area contributed by atoms with Gasteiger partial charge >= 0.3 is 5.97 Å². The molecule has 0 fully saturated rings. The molecule has 2 aromatic rings. The molecule has 3 nitrogen and oxygen atoms in total. The Kier molecular flexibility index (Phi) is 4.60. The summed E-state index contributed by atoms with van der Waals surface area (Å²) in [4.78, 5) is 15.4. The van der Waals surface area contributed by atoms with Crippen LogP contribution in [0.15, 0.2) is 48.7 Å². The highest BCUT2D eigenvalue weighted by atomic mass is 19.1. The van der Waals surface area contributed by atoms with Gasteiger partial charge in [-0.3, -0.25) is 4.98 Å². The van der Waals surface area contributed by atoms with Crippen LogP contribution in [-0.4, -0.2) is 17.6 Å². The number of ether oxygens (including phenoxy) is 1. The third kappa shape index (κ3) is 3.51. The average Bonchev–Trinajstić information content (AvgIpc) is 2.47. The fraction of sp³-hybridized carbons (Fsp3) is 0.125. The first kappa shape index (κ1) is 13.9. The number of esters is 1. The van der Waals surface area contributed by atoms with E-state index in [1.807, 2.05) is 0 Å². The van der Waals surface area contributed by atoms with Gasteiger partial charge in [0.05, 0.1) is 12.3 Å². The molecule has 2 rings (SSSR count). The van der Waals surface area contributed by atoms with Crippen molar-refractivity contribution in [3.8, 4) is 11.3 Å². The predicted octanol–water partition coefficient (Wildman–Crippen LogP) is 3.46. The molecule has 0 aliphatic heterocycles. The summed E-state index contributed by atoms with van der Waals surface area (Å²) in [6.45, 7) is 2.09. The number of carbonyl (C=O) groups is 1. The summed E-state index contributed by atoms with van der Waals surface area (Å²) in [5.74, 6) is -0.708. The van der Waals surface area contributed by atoms with E-state index in [9.17, 15) is 9.18 Å². The third-order valence-electron chi connectivity index (χ3n) is 2.63. The zero-order valence-electron chi connectivity index (χ0n) is 11.0. The molecular formula is C16H14FNO2. The molecule has 0 amide bonds. The number of aromatic nitrogens is 1. The zero-order valence-corrected chi connectivity index (χ0v) is 11.0. The number of hydrogen-bond donors (Lipinski definition) is 0. The third-order valence-corrected chi connectivity index (χ3v) is 2.63. The van der Waals surface area contributed by atoms with E-state index in [4.69, 9.17) is 4.74 Å². The first-order valence-corrected chi connectivity index (χ1v) is 6.26. The van der Waals surface area contributed by atoms with E-state index in [0.29, 0.717) is 17.9 Å². The van der Waals surface area contributed by atoms with Gasteiger partial charge in [0.2, 0.25) is 0 Å². The Labute approximate surface area is 116 Å². The van der Waals surface area contributed by atoms with Crippen molar-refractivity contribution < 1.29 is 13.9 Å². The molecular weight excluding hydrogens is 257 g/mol. The fourth-order valence-corrected chi connectivity index (χ4v) is 1.69. The van der Waals surface area contributed by atoms with Crippen LogP contribution in [0.1, 0.15) is 12.5 Å². The smallest absolute Gasteiger partial charge is 0.330 e. The molecule has 0 unspecified atom stereocenters. The number of halogens is 1. The molecule has 0 atom stereocenters. The molecule has 4 heteroatoms. The maximum atomic E-state index is 13.6. The van der Waals surface area contributed by atoms with Crippen molar-refractivity contribution >= 4 is 12.0 Å². The van der Waals surface area contributed by atoms with Gasteiger partial charge in [0, 0.05) is 17.8 Å². The first-order valence-electron chi connectivity index (χ1n) is 6.26. The second-order valence-corrected chi connectivity index (χ2v) is 4.04. The van der Waals surface area contributed by atoms with Crippen molar-refractivity contribution in [1.29, 1.82) is 0 Å². The van der Waals surface area contributed by atoms with Gasteiger partial charge in [-0.1, -0.05) is 18.2 Å². The molecule has 1 aromatic carbocycles. The standard InChI is InChI=1S/C16H14FNO2/c1-2-20-16(19)10-8-12-7-9-15(18-11-12)13-5-3-4-6-14(13)17/h3-11H,2H2,1H3. The van der Waals surface area contributed by atoms with Crippen LogP contribution >= 0.6 is 0 Å². The SMILES string of the molecule is CCOC(=O)C=Cc1ccc(-c2ccccc2F)nc1. The molecule has 0 spiro atoms. The Morgan fingerprint density at radius 3 is 2.75 bits per heavy atom. The van der Waals surface area contributed by atoms with Gasteiger partial charge in [-0.2, -0.15) is 0 Å². The average molecular weight is 271 g/mol. The van der Waals surface area contributed by atoms with Gasteiger partial charge in [-0.15, -0.1) is 0 Å². The van der Waals surface area contributed by atoms with Crippen molar-refractivity contribution in [1.82, 2.24) is 4.98 Å². The van der Waals surface area contributed by atoms with E-state index in [0.717, 1.165) is 5.56 Å². The second-order valence-electron chi connectivity index (χ2n) is 4.04. The summed E-state index contributed by atoms with van der Waals surface area (Å²) < 4.78 is 18.4. The number of carbonyl (C=O) groups excluding carboxylic acids is 1. The summed E-state index contributed by atoms with van der Waals surface area (Å²) in [5.41, 5.74) is 1.75. The molecule has 20 heavy (non-hydrogen) atoms. The molecule has 0 bridgehead atoms. The minimum Gasteiger partial charge on any atom is -0.463 e. The lowest BCUT2D eigenvalue weighted by atomic mass is 10.1. The van der Waals surface area contributed by atoms with Gasteiger partial charge in [0.1, 0.15) is 5.82 Å². The van der Waals surface area contributed by atoms with Crippen LogP contribution < -0.4 is 0 Å². The van der Waals surface area contributed by atoms with Crippen LogP contribution in [0.2, 0.25) is 0 Å². The summed E-state index contributed by atoms with van der Waals surface area (Å²) >= 11 is 0. The quantitative estimate of drug-likeness (QED) is 0.631. The van der Waals surface area contributed by atoms with Crippen molar-refractivity contribution in [3.05, 3.63) is 60.1 Å². The molecule has 0 N–H and O–H groups in total. The Bertz CT molecular complexity index is 621. The molecule has 0 saturated heterocycles.